The van der Waals surface area contributed by atoms with Crippen LogP contribution in [0.2, 0.25) is 0 Å². The second-order valence-corrected chi connectivity index (χ2v) is 5.52. The maximum absolute atomic E-state index is 12.0. The normalized spacial score (nSPS) is 10.4. The molecule has 0 aliphatic heterocycles. The van der Waals surface area contributed by atoms with Crippen LogP contribution in [0.5, 0.6) is 0 Å². The Morgan fingerprint density at radius 2 is 1.84 bits per heavy atom. The molecule has 1 amide bonds. The number of aromatic nitrogens is 2. The molecule has 0 fully saturated rings. The molecule has 8 nitrogen and oxygen atoms in total. The van der Waals surface area contributed by atoms with Crippen LogP contribution in [0, 0.1) is 0 Å². The zero-order valence-corrected chi connectivity index (χ0v) is 14.4. The lowest BCUT2D eigenvalue weighted by Gasteiger charge is -2.11. The zero-order chi connectivity index (χ0) is 18.2. The molecule has 2 N–H and O–H groups in total. The molecule has 132 valence electrons. The number of nitrogens with zero attached hydrogens (tertiary/aromatic N) is 3. The van der Waals surface area contributed by atoms with Gasteiger partial charge in [-0.3, -0.25) is 4.79 Å². The van der Waals surface area contributed by atoms with Crippen molar-refractivity contribution in [3.63, 3.8) is 0 Å². The van der Waals surface area contributed by atoms with E-state index in [1.807, 2.05) is 19.0 Å². The van der Waals surface area contributed by atoms with Crippen molar-refractivity contribution in [1.82, 2.24) is 20.2 Å². The van der Waals surface area contributed by atoms with Gasteiger partial charge < -0.3 is 20.3 Å². The van der Waals surface area contributed by atoms with E-state index in [1.165, 1.54) is 19.5 Å². The zero-order valence-electron chi connectivity index (χ0n) is 14.4. The predicted octanol–water partition coefficient (Wildman–Crippen LogP) is 1.30. The van der Waals surface area contributed by atoms with E-state index in [4.69, 9.17) is 4.74 Å². The van der Waals surface area contributed by atoms with Crippen LogP contribution in [-0.4, -0.2) is 61.0 Å². The fourth-order valence-corrected chi connectivity index (χ4v) is 2.01. The minimum absolute atomic E-state index is 0.233. The monoisotopic (exact) mass is 343 g/mol. The van der Waals surface area contributed by atoms with E-state index in [1.54, 1.807) is 24.3 Å². The molecule has 0 unspecified atom stereocenters. The quantitative estimate of drug-likeness (QED) is 0.731. The molecule has 25 heavy (non-hydrogen) atoms. The number of nitrogens with one attached hydrogen (secondary N) is 2. The number of hydrogen-bond donors (Lipinski definition) is 2. The van der Waals surface area contributed by atoms with E-state index in [2.05, 4.69) is 20.6 Å². The fraction of sp³-hybridized carbons (Fsp3) is 0.294. The summed E-state index contributed by atoms with van der Waals surface area (Å²) in [7, 11) is 5.18. The first kappa shape index (κ1) is 18.3. The Bertz CT molecular complexity index is 731. The van der Waals surface area contributed by atoms with E-state index in [-0.39, 0.29) is 11.9 Å². The average molecular weight is 343 g/mol. The van der Waals surface area contributed by atoms with Crippen molar-refractivity contribution in [3.05, 3.63) is 47.8 Å². The summed E-state index contributed by atoms with van der Waals surface area (Å²) in [6.45, 7) is 1.29. The molecule has 0 aliphatic rings. The second kappa shape index (κ2) is 8.74. The molecule has 0 spiro atoms. The summed E-state index contributed by atoms with van der Waals surface area (Å²) in [5.41, 5.74) is 1.27. The van der Waals surface area contributed by atoms with Crippen LogP contribution in [0.4, 0.5) is 11.6 Å². The van der Waals surface area contributed by atoms with Gasteiger partial charge in [-0.2, -0.15) is 0 Å². The first-order chi connectivity index (χ1) is 12.0. The largest absolute Gasteiger partial charge is 0.465 e. The lowest BCUT2D eigenvalue weighted by atomic mass is 10.2. The third-order valence-electron chi connectivity index (χ3n) is 3.34. The summed E-state index contributed by atoms with van der Waals surface area (Å²) < 4.78 is 4.74. The molecular weight excluding hydrogens is 322 g/mol. The highest BCUT2D eigenvalue weighted by Gasteiger charge is 2.12. The van der Waals surface area contributed by atoms with Gasteiger partial charge in [0.1, 0.15) is 0 Å². The standard InChI is InChI=1S/C17H21N5O3/c1-22(2)9-8-18-15(23)12-10-19-17(20-11-12)21-14-7-5-4-6-13(14)16(24)25-3/h4-7,10-11H,8-9H2,1-3H3,(H,18,23)(H,19,20,21). The number of esters is 1. The van der Waals surface area contributed by atoms with Gasteiger partial charge in [-0.15, -0.1) is 0 Å². The number of benzene rings is 1. The van der Waals surface area contributed by atoms with Crippen molar-refractivity contribution < 1.29 is 14.3 Å². The van der Waals surface area contributed by atoms with E-state index < -0.39 is 5.97 Å². The molecule has 2 aromatic rings. The van der Waals surface area contributed by atoms with Crippen LogP contribution >= 0.6 is 0 Å². The van der Waals surface area contributed by atoms with Crippen molar-refractivity contribution >= 4 is 23.5 Å². The second-order valence-electron chi connectivity index (χ2n) is 5.52. The van der Waals surface area contributed by atoms with E-state index in [9.17, 15) is 9.59 Å². The first-order valence-electron chi connectivity index (χ1n) is 7.70. The minimum atomic E-state index is -0.458. The summed E-state index contributed by atoms with van der Waals surface area (Å²) in [5.74, 6) is -0.412. The fourth-order valence-electron chi connectivity index (χ4n) is 2.01. The third-order valence-corrected chi connectivity index (χ3v) is 3.34. The molecule has 0 saturated carbocycles. The van der Waals surface area contributed by atoms with E-state index in [0.29, 0.717) is 23.4 Å². The highest BCUT2D eigenvalue weighted by atomic mass is 16.5. The lowest BCUT2D eigenvalue weighted by molar-refractivity contribution is 0.0601. The van der Waals surface area contributed by atoms with Crippen LogP contribution in [0.15, 0.2) is 36.7 Å². The molecule has 0 aliphatic carbocycles. The lowest BCUT2D eigenvalue weighted by Crippen LogP contribution is -2.31. The molecule has 0 saturated heterocycles. The Balaban J connectivity index is 2.04. The number of amides is 1. The number of ether oxygens (including phenoxy) is 1. The Hall–Kier alpha value is -3.00. The third kappa shape index (κ3) is 5.25. The van der Waals surface area contributed by atoms with Crippen LogP contribution in [0.3, 0.4) is 0 Å². The van der Waals surface area contributed by atoms with Gasteiger partial charge in [-0.05, 0) is 26.2 Å². The number of rotatable bonds is 7. The molecule has 0 radical (unpaired) electrons. The predicted molar refractivity (Wildman–Crippen MR) is 94.0 cm³/mol. The summed E-state index contributed by atoms with van der Waals surface area (Å²) in [6, 6.07) is 6.87. The van der Waals surface area contributed by atoms with Gasteiger partial charge in [0, 0.05) is 25.5 Å². The smallest absolute Gasteiger partial charge is 0.339 e. The Kier molecular flexibility index (Phi) is 6.41. The van der Waals surface area contributed by atoms with Crippen molar-refractivity contribution in [2.24, 2.45) is 0 Å². The molecule has 1 heterocycles. The van der Waals surface area contributed by atoms with Crippen LogP contribution < -0.4 is 10.6 Å². The Labute approximate surface area is 146 Å². The maximum atomic E-state index is 12.0. The average Bonchev–Trinajstić information content (AvgIpc) is 2.61. The topological polar surface area (TPSA) is 96.4 Å². The van der Waals surface area contributed by atoms with E-state index in [0.717, 1.165) is 6.54 Å². The molecule has 2 rings (SSSR count). The SMILES string of the molecule is COC(=O)c1ccccc1Nc1ncc(C(=O)NCCN(C)C)cn1. The number of para-hydroxylation sites is 1. The summed E-state index contributed by atoms with van der Waals surface area (Å²) in [4.78, 5) is 34.0. The van der Waals surface area contributed by atoms with Gasteiger partial charge in [-0.1, -0.05) is 12.1 Å². The number of hydrogen-bond acceptors (Lipinski definition) is 7. The Morgan fingerprint density at radius 1 is 1.16 bits per heavy atom. The number of anilines is 2. The van der Waals surface area contributed by atoms with Crippen molar-refractivity contribution in [1.29, 1.82) is 0 Å². The number of carbonyl (C=O) groups is 2. The number of carbonyl (C=O) groups excluding carboxylic acids is 2. The molecular formula is C17H21N5O3. The van der Waals surface area contributed by atoms with Gasteiger partial charge >= 0.3 is 5.97 Å². The van der Waals surface area contributed by atoms with Gasteiger partial charge in [-0.25, -0.2) is 14.8 Å². The maximum Gasteiger partial charge on any atom is 0.339 e. The summed E-state index contributed by atoms with van der Waals surface area (Å²) in [6.07, 6.45) is 2.86. The first-order valence-corrected chi connectivity index (χ1v) is 7.70. The molecule has 0 bridgehead atoms. The summed E-state index contributed by atoms with van der Waals surface area (Å²) >= 11 is 0. The Morgan fingerprint density at radius 3 is 2.48 bits per heavy atom. The van der Waals surface area contributed by atoms with Gasteiger partial charge in [0.15, 0.2) is 0 Å². The highest BCUT2D eigenvalue weighted by Crippen LogP contribution is 2.19. The minimum Gasteiger partial charge on any atom is -0.465 e. The molecule has 1 aromatic carbocycles. The van der Waals surface area contributed by atoms with Crippen molar-refractivity contribution in [2.75, 3.05) is 39.6 Å². The summed E-state index contributed by atoms with van der Waals surface area (Å²) in [5, 5.41) is 5.74. The van der Waals surface area contributed by atoms with Gasteiger partial charge in [0.05, 0.1) is 23.9 Å². The van der Waals surface area contributed by atoms with Crippen LogP contribution in [0.1, 0.15) is 20.7 Å². The molecule has 0 atom stereocenters. The van der Waals surface area contributed by atoms with Crippen molar-refractivity contribution in [3.8, 4) is 0 Å². The molecule has 1 aromatic heterocycles. The molecule has 8 heteroatoms. The van der Waals surface area contributed by atoms with Crippen LogP contribution in [-0.2, 0) is 4.74 Å². The van der Waals surface area contributed by atoms with Gasteiger partial charge in [0.25, 0.3) is 5.91 Å². The highest BCUT2D eigenvalue weighted by molar-refractivity contribution is 5.96. The van der Waals surface area contributed by atoms with Crippen molar-refractivity contribution in [2.45, 2.75) is 0 Å². The van der Waals surface area contributed by atoms with Crippen LogP contribution in [0.25, 0.3) is 0 Å². The van der Waals surface area contributed by atoms with Gasteiger partial charge in [0.2, 0.25) is 5.95 Å². The number of likely N-dealkylation sites (N-methyl/N-ethyl adjacent to an activating group) is 1. The van der Waals surface area contributed by atoms with E-state index >= 15 is 0 Å². The number of methoxy groups -OCH3 is 1.